The topological polar surface area (TPSA) is 56.8 Å². The number of nitrogens with one attached hydrogen (secondary N) is 1. The molecule has 4 rings (SSSR count). The lowest BCUT2D eigenvalue weighted by Gasteiger charge is -2.23. The number of halogens is 1. The summed E-state index contributed by atoms with van der Waals surface area (Å²) < 4.78 is 32.0. The zero-order chi connectivity index (χ0) is 20.9. The lowest BCUT2D eigenvalue weighted by molar-refractivity contribution is -0.0109. The van der Waals surface area contributed by atoms with Crippen LogP contribution in [0, 0.1) is 5.82 Å². The van der Waals surface area contributed by atoms with Crippen LogP contribution in [0.2, 0.25) is 0 Å². The average molecular weight is 430 g/mol. The van der Waals surface area contributed by atoms with E-state index in [-0.39, 0.29) is 24.4 Å². The first-order chi connectivity index (χ1) is 14.7. The van der Waals surface area contributed by atoms with Crippen LogP contribution in [0.1, 0.15) is 34.5 Å². The molecule has 1 aliphatic heterocycles. The number of methoxy groups -OCH3 is 1. The molecule has 158 valence electrons. The number of carbonyl (C=O) groups is 1. The van der Waals surface area contributed by atoms with Crippen LogP contribution in [0.4, 0.5) is 10.1 Å². The number of anilines is 1. The van der Waals surface area contributed by atoms with Gasteiger partial charge in [0.05, 0.1) is 23.3 Å². The first-order valence-corrected chi connectivity index (χ1v) is 10.8. The molecule has 1 N–H and O–H groups in total. The Labute approximate surface area is 178 Å². The molecule has 0 bridgehead atoms. The Morgan fingerprint density at radius 1 is 1.23 bits per heavy atom. The van der Waals surface area contributed by atoms with Crippen LogP contribution in [-0.4, -0.2) is 32.3 Å². The van der Waals surface area contributed by atoms with Crippen LogP contribution >= 0.6 is 11.3 Å². The summed E-state index contributed by atoms with van der Waals surface area (Å²) in [7, 11) is 1.53. The van der Waals surface area contributed by atoms with E-state index in [0.29, 0.717) is 38.6 Å². The highest BCUT2D eigenvalue weighted by atomic mass is 32.1. The smallest absolute Gasteiger partial charge is 0.266 e. The molecule has 1 aliphatic rings. The molecule has 0 spiro atoms. The first-order valence-electron chi connectivity index (χ1n) is 10.0. The minimum Gasteiger partial charge on any atom is -0.489 e. The van der Waals surface area contributed by atoms with Gasteiger partial charge in [0.2, 0.25) is 0 Å². The van der Waals surface area contributed by atoms with Crippen molar-refractivity contribution in [3.63, 3.8) is 0 Å². The van der Waals surface area contributed by atoms with Gasteiger partial charge in [-0.15, -0.1) is 11.3 Å². The summed E-state index contributed by atoms with van der Waals surface area (Å²) in [5.41, 5.74) is 1.13. The summed E-state index contributed by atoms with van der Waals surface area (Å²) in [6.45, 7) is 1.36. The van der Waals surface area contributed by atoms with Gasteiger partial charge in [-0.3, -0.25) is 4.79 Å². The Hall–Kier alpha value is -2.48. The van der Waals surface area contributed by atoms with Gasteiger partial charge in [-0.25, -0.2) is 4.39 Å². The quantitative estimate of drug-likeness (QED) is 0.547. The fraction of sp³-hybridized carbons (Fsp3) is 0.348. The minimum absolute atomic E-state index is 0.0707. The van der Waals surface area contributed by atoms with E-state index in [4.69, 9.17) is 14.2 Å². The van der Waals surface area contributed by atoms with Gasteiger partial charge in [-0.1, -0.05) is 18.2 Å². The second-order valence-electron chi connectivity index (χ2n) is 7.21. The van der Waals surface area contributed by atoms with Crippen molar-refractivity contribution in [3.8, 4) is 5.75 Å². The van der Waals surface area contributed by atoms with E-state index in [0.717, 1.165) is 25.9 Å². The van der Waals surface area contributed by atoms with Crippen molar-refractivity contribution in [2.45, 2.75) is 32.0 Å². The van der Waals surface area contributed by atoms with Gasteiger partial charge in [0.1, 0.15) is 18.2 Å². The zero-order valence-corrected chi connectivity index (χ0v) is 17.6. The molecular weight excluding hydrogens is 405 g/mol. The van der Waals surface area contributed by atoms with Crippen LogP contribution in [0.5, 0.6) is 5.75 Å². The predicted octanol–water partition coefficient (Wildman–Crippen LogP) is 5.39. The van der Waals surface area contributed by atoms with E-state index in [1.54, 1.807) is 18.2 Å². The molecule has 1 unspecified atom stereocenters. The van der Waals surface area contributed by atoms with E-state index >= 15 is 0 Å². The largest absolute Gasteiger partial charge is 0.489 e. The molecule has 0 radical (unpaired) electrons. The van der Waals surface area contributed by atoms with Crippen molar-refractivity contribution >= 4 is 33.0 Å². The molecule has 1 saturated heterocycles. The molecule has 0 saturated carbocycles. The summed E-state index contributed by atoms with van der Waals surface area (Å²) >= 11 is 1.25. The number of thiophene rings is 1. The third-order valence-corrected chi connectivity index (χ3v) is 6.29. The van der Waals surface area contributed by atoms with Crippen LogP contribution in [0.15, 0.2) is 42.5 Å². The number of hydrogen-bond acceptors (Lipinski definition) is 5. The van der Waals surface area contributed by atoms with E-state index in [1.165, 1.54) is 24.5 Å². The fourth-order valence-corrected chi connectivity index (χ4v) is 4.75. The number of rotatable bonds is 7. The second-order valence-corrected chi connectivity index (χ2v) is 8.26. The lowest BCUT2D eigenvalue weighted by Crippen LogP contribution is -2.26. The molecule has 2 heterocycles. The summed E-state index contributed by atoms with van der Waals surface area (Å²) in [5.74, 6) is -0.0840. The van der Waals surface area contributed by atoms with E-state index in [9.17, 15) is 9.18 Å². The molecule has 1 atom stereocenters. The minimum atomic E-state index is -0.355. The van der Waals surface area contributed by atoms with Crippen molar-refractivity contribution in [2.75, 3.05) is 25.6 Å². The van der Waals surface area contributed by atoms with Crippen LogP contribution in [0.3, 0.4) is 0 Å². The van der Waals surface area contributed by atoms with Gasteiger partial charge in [0.15, 0.2) is 0 Å². The Bertz CT molecular complexity index is 1030. The number of ether oxygens (including phenoxy) is 3. The highest BCUT2D eigenvalue weighted by Crippen LogP contribution is 2.35. The fourth-order valence-electron chi connectivity index (χ4n) is 3.63. The lowest BCUT2D eigenvalue weighted by atomic mass is 10.1. The maximum atomic E-state index is 14.4. The summed E-state index contributed by atoms with van der Waals surface area (Å²) in [4.78, 5) is 13.5. The van der Waals surface area contributed by atoms with Crippen molar-refractivity contribution in [1.82, 2.24) is 0 Å². The van der Waals surface area contributed by atoms with Gasteiger partial charge < -0.3 is 19.5 Å². The molecule has 5 nitrogen and oxygen atoms in total. The number of benzene rings is 2. The Morgan fingerprint density at radius 3 is 2.90 bits per heavy atom. The molecule has 7 heteroatoms. The van der Waals surface area contributed by atoms with Gasteiger partial charge in [-0.2, -0.15) is 0 Å². The number of carbonyl (C=O) groups excluding carboxylic acids is 1. The standard InChI is InChI=1S/C23H24FNO4S/c1-27-14-16-21-17(24)8-6-11-20(21)30-22(16)23(26)25-18-9-2-3-10-19(18)29-13-15-7-4-5-12-28-15/h2-3,6,8-11,15H,4-5,7,12-14H2,1H3,(H,25,26). The van der Waals surface area contributed by atoms with E-state index in [1.807, 2.05) is 18.2 Å². The monoisotopic (exact) mass is 429 g/mol. The maximum absolute atomic E-state index is 14.4. The maximum Gasteiger partial charge on any atom is 0.266 e. The highest BCUT2D eigenvalue weighted by Gasteiger charge is 2.22. The first kappa shape index (κ1) is 20.8. The van der Waals surface area contributed by atoms with Gasteiger partial charge >= 0.3 is 0 Å². The van der Waals surface area contributed by atoms with Crippen LogP contribution in [-0.2, 0) is 16.1 Å². The zero-order valence-electron chi connectivity index (χ0n) is 16.8. The molecule has 1 fully saturated rings. The molecule has 3 aromatic rings. The van der Waals surface area contributed by atoms with Crippen LogP contribution < -0.4 is 10.1 Å². The third-order valence-electron chi connectivity index (χ3n) is 5.09. The van der Waals surface area contributed by atoms with Crippen molar-refractivity contribution in [1.29, 1.82) is 0 Å². The van der Waals surface area contributed by atoms with Gasteiger partial charge in [-0.05, 0) is 43.5 Å². The Balaban J connectivity index is 1.56. The summed E-state index contributed by atoms with van der Waals surface area (Å²) in [6, 6.07) is 12.1. The number of para-hydroxylation sites is 2. The number of fused-ring (bicyclic) bond motifs is 1. The SMILES string of the molecule is COCc1c(C(=O)Nc2ccccc2OCC2CCCCO2)sc2cccc(F)c12. The average Bonchev–Trinajstić information content (AvgIpc) is 3.14. The second kappa shape index (κ2) is 9.55. The molecular formula is C23H24FNO4S. The molecule has 1 aromatic heterocycles. The number of hydrogen-bond donors (Lipinski definition) is 1. The van der Waals surface area contributed by atoms with Crippen molar-refractivity contribution in [3.05, 3.63) is 58.7 Å². The summed E-state index contributed by atoms with van der Waals surface area (Å²) in [5, 5.41) is 3.36. The van der Waals surface area contributed by atoms with E-state index in [2.05, 4.69) is 5.32 Å². The van der Waals surface area contributed by atoms with Crippen LogP contribution in [0.25, 0.3) is 10.1 Å². The molecule has 1 amide bonds. The third kappa shape index (κ3) is 4.48. The Kier molecular flexibility index (Phi) is 6.62. The van der Waals surface area contributed by atoms with Crippen molar-refractivity contribution in [2.24, 2.45) is 0 Å². The molecule has 2 aromatic carbocycles. The van der Waals surface area contributed by atoms with Crippen molar-refractivity contribution < 1.29 is 23.4 Å². The normalized spacial score (nSPS) is 16.5. The molecule has 30 heavy (non-hydrogen) atoms. The number of amides is 1. The predicted molar refractivity (Wildman–Crippen MR) is 116 cm³/mol. The molecule has 0 aliphatic carbocycles. The summed E-state index contributed by atoms with van der Waals surface area (Å²) in [6.07, 6.45) is 3.27. The Morgan fingerprint density at radius 2 is 2.10 bits per heavy atom. The van der Waals surface area contributed by atoms with Gasteiger partial charge in [0, 0.05) is 29.4 Å². The highest BCUT2D eigenvalue weighted by molar-refractivity contribution is 7.21. The van der Waals surface area contributed by atoms with E-state index < -0.39 is 0 Å². The van der Waals surface area contributed by atoms with Gasteiger partial charge in [0.25, 0.3) is 5.91 Å².